The summed E-state index contributed by atoms with van der Waals surface area (Å²) in [5.41, 5.74) is 0. The molecule has 1 aromatic rings. The Kier molecular flexibility index (Phi) is 6.70. The fourth-order valence-electron chi connectivity index (χ4n) is 1.37. The maximum absolute atomic E-state index is 9.70. The lowest BCUT2D eigenvalue weighted by Gasteiger charge is -2.14. The molecule has 0 aliphatic heterocycles. The summed E-state index contributed by atoms with van der Waals surface area (Å²) < 4.78 is 10.6. The Labute approximate surface area is 108 Å². The van der Waals surface area contributed by atoms with Crippen molar-refractivity contribution in [1.29, 1.82) is 0 Å². The average Bonchev–Trinajstić information content (AvgIpc) is 2.41. The molecular formula is C14H19NO3. The van der Waals surface area contributed by atoms with E-state index < -0.39 is 6.10 Å². The Balaban J connectivity index is 2.32. The number of ether oxygens (including phenoxy) is 2. The number of hydrogen-bond acceptors (Lipinski definition) is 4. The molecule has 0 spiro atoms. The van der Waals surface area contributed by atoms with Gasteiger partial charge in [-0.3, -0.25) is 0 Å². The molecular weight excluding hydrogens is 230 g/mol. The molecule has 0 aromatic heterocycles. The van der Waals surface area contributed by atoms with Gasteiger partial charge < -0.3 is 19.9 Å². The lowest BCUT2D eigenvalue weighted by Crippen LogP contribution is -2.31. The number of para-hydroxylation sites is 2. The van der Waals surface area contributed by atoms with Crippen molar-refractivity contribution < 1.29 is 14.6 Å². The van der Waals surface area contributed by atoms with Gasteiger partial charge in [-0.25, -0.2) is 0 Å². The van der Waals surface area contributed by atoms with Gasteiger partial charge >= 0.3 is 0 Å². The molecule has 0 amide bonds. The summed E-state index contributed by atoms with van der Waals surface area (Å²) in [5.74, 6) is 6.93. The van der Waals surface area contributed by atoms with Crippen molar-refractivity contribution in [2.24, 2.45) is 0 Å². The summed E-state index contributed by atoms with van der Waals surface area (Å²) in [5, 5.41) is 12.7. The molecule has 0 heterocycles. The monoisotopic (exact) mass is 249 g/mol. The van der Waals surface area contributed by atoms with E-state index in [2.05, 4.69) is 17.2 Å². The molecule has 1 rings (SSSR count). The first-order chi connectivity index (χ1) is 8.77. The SMILES string of the molecule is CC#CCNCC(O)COc1ccccc1OC. The van der Waals surface area contributed by atoms with Gasteiger partial charge in [0, 0.05) is 6.54 Å². The number of benzene rings is 1. The Morgan fingerprint density at radius 1 is 1.33 bits per heavy atom. The Morgan fingerprint density at radius 3 is 2.72 bits per heavy atom. The summed E-state index contributed by atoms with van der Waals surface area (Å²) in [7, 11) is 1.59. The van der Waals surface area contributed by atoms with Crippen molar-refractivity contribution >= 4 is 0 Å². The number of aliphatic hydroxyl groups is 1. The second-order valence-corrected chi connectivity index (χ2v) is 3.67. The summed E-state index contributed by atoms with van der Waals surface area (Å²) in [6.45, 7) is 3.02. The van der Waals surface area contributed by atoms with Crippen molar-refractivity contribution in [3.63, 3.8) is 0 Å². The van der Waals surface area contributed by atoms with Gasteiger partial charge in [-0.15, -0.1) is 5.92 Å². The maximum Gasteiger partial charge on any atom is 0.161 e. The Bertz CT molecular complexity index is 409. The molecule has 0 radical (unpaired) electrons. The normalized spacial score (nSPS) is 11.3. The van der Waals surface area contributed by atoms with Gasteiger partial charge in [-0.1, -0.05) is 18.1 Å². The quantitative estimate of drug-likeness (QED) is 0.560. The van der Waals surface area contributed by atoms with Gasteiger partial charge in [0.15, 0.2) is 11.5 Å². The predicted molar refractivity (Wildman–Crippen MR) is 70.8 cm³/mol. The third-order valence-corrected chi connectivity index (χ3v) is 2.27. The number of nitrogens with one attached hydrogen (secondary N) is 1. The van der Waals surface area contributed by atoms with E-state index in [1.54, 1.807) is 14.0 Å². The first-order valence-electron chi connectivity index (χ1n) is 5.82. The van der Waals surface area contributed by atoms with E-state index in [-0.39, 0.29) is 6.61 Å². The standard InChI is InChI=1S/C14H19NO3/c1-3-4-9-15-10-12(16)11-18-14-8-6-5-7-13(14)17-2/h5-8,12,15-16H,9-11H2,1-2H3. The lowest BCUT2D eigenvalue weighted by molar-refractivity contribution is 0.106. The van der Waals surface area contributed by atoms with Crippen LogP contribution in [0.15, 0.2) is 24.3 Å². The fourth-order valence-corrected chi connectivity index (χ4v) is 1.37. The van der Waals surface area contributed by atoms with Gasteiger partial charge in [0.1, 0.15) is 12.7 Å². The molecule has 1 unspecified atom stereocenters. The van der Waals surface area contributed by atoms with E-state index in [4.69, 9.17) is 9.47 Å². The molecule has 1 atom stereocenters. The molecule has 0 saturated heterocycles. The van der Waals surface area contributed by atoms with Crippen molar-refractivity contribution in [2.75, 3.05) is 26.8 Å². The zero-order valence-electron chi connectivity index (χ0n) is 10.8. The highest BCUT2D eigenvalue weighted by Gasteiger charge is 2.07. The van der Waals surface area contributed by atoms with Crippen LogP contribution in [0.3, 0.4) is 0 Å². The van der Waals surface area contributed by atoms with Crippen LogP contribution in [-0.2, 0) is 0 Å². The maximum atomic E-state index is 9.70. The van der Waals surface area contributed by atoms with Crippen molar-refractivity contribution in [2.45, 2.75) is 13.0 Å². The molecule has 0 aliphatic carbocycles. The predicted octanol–water partition coefficient (Wildman–Crippen LogP) is 1.05. The zero-order valence-corrected chi connectivity index (χ0v) is 10.8. The molecule has 18 heavy (non-hydrogen) atoms. The topological polar surface area (TPSA) is 50.7 Å². The van der Waals surface area contributed by atoms with Crippen molar-refractivity contribution in [1.82, 2.24) is 5.32 Å². The minimum Gasteiger partial charge on any atom is -0.493 e. The van der Waals surface area contributed by atoms with Crippen LogP contribution < -0.4 is 14.8 Å². The molecule has 4 heteroatoms. The first kappa shape index (κ1) is 14.4. The molecule has 4 nitrogen and oxygen atoms in total. The minimum absolute atomic E-state index is 0.215. The summed E-state index contributed by atoms with van der Waals surface area (Å²) in [6, 6.07) is 7.35. The minimum atomic E-state index is -0.575. The van der Waals surface area contributed by atoms with Crippen LogP contribution in [0, 0.1) is 11.8 Å². The third kappa shape index (κ3) is 5.09. The van der Waals surface area contributed by atoms with Crippen LogP contribution in [0.5, 0.6) is 11.5 Å². The van der Waals surface area contributed by atoms with Gasteiger partial charge in [0.25, 0.3) is 0 Å². The lowest BCUT2D eigenvalue weighted by atomic mass is 10.3. The summed E-state index contributed by atoms with van der Waals surface area (Å²) >= 11 is 0. The fraction of sp³-hybridized carbons (Fsp3) is 0.429. The van der Waals surface area contributed by atoms with Crippen LogP contribution in [0.4, 0.5) is 0 Å². The van der Waals surface area contributed by atoms with E-state index in [1.165, 1.54) is 0 Å². The second-order valence-electron chi connectivity index (χ2n) is 3.67. The van der Waals surface area contributed by atoms with Gasteiger partial charge in [0.2, 0.25) is 0 Å². The molecule has 0 fully saturated rings. The van der Waals surface area contributed by atoms with Crippen molar-refractivity contribution in [3.05, 3.63) is 24.3 Å². The highest BCUT2D eigenvalue weighted by atomic mass is 16.5. The van der Waals surface area contributed by atoms with Crippen LogP contribution in [0.2, 0.25) is 0 Å². The zero-order chi connectivity index (χ0) is 13.2. The molecule has 0 aliphatic rings. The largest absolute Gasteiger partial charge is 0.493 e. The van der Waals surface area contributed by atoms with Gasteiger partial charge in [-0.2, -0.15) is 0 Å². The molecule has 98 valence electrons. The highest BCUT2D eigenvalue weighted by molar-refractivity contribution is 5.39. The summed E-state index contributed by atoms with van der Waals surface area (Å²) in [4.78, 5) is 0. The molecule has 0 saturated carbocycles. The smallest absolute Gasteiger partial charge is 0.161 e. The van der Waals surface area contributed by atoms with Crippen LogP contribution in [0.25, 0.3) is 0 Å². The molecule has 1 aromatic carbocycles. The van der Waals surface area contributed by atoms with Gasteiger partial charge in [-0.05, 0) is 19.1 Å². The number of rotatable bonds is 7. The van der Waals surface area contributed by atoms with Crippen LogP contribution in [0.1, 0.15) is 6.92 Å². The number of hydrogen-bond donors (Lipinski definition) is 2. The summed E-state index contributed by atoms with van der Waals surface area (Å²) in [6.07, 6.45) is -0.575. The van der Waals surface area contributed by atoms with E-state index in [1.807, 2.05) is 24.3 Å². The number of methoxy groups -OCH3 is 1. The number of aliphatic hydroxyl groups excluding tert-OH is 1. The van der Waals surface area contributed by atoms with Crippen LogP contribution >= 0.6 is 0 Å². The van der Waals surface area contributed by atoms with Crippen LogP contribution in [-0.4, -0.2) is 38.0 Å². The Hall–Kier alpha value is -1.70. The van der Waals surface area contributed by atoms with Crippen molar-refractivity contribution in [3.8, 4) is 23.3 Å². The Morgan fingerprint density at radius 2 is 2.06 bits per heavy atom. The third-order valence-electron chi connectivity index (χ3n) is 2.27. The first-order valence-corrected chi connectivity index (χ1v) is 5.82. The highest BCUT2D eigenvalue weighted by Crippen LogP contribution is 2.25. The van der Waals surface area contributed by atoms with E-state index >= 15 is 0 Å². The van der Waals surface area contributed by atoms with E-state index in [9.17, 15) is 5.11 Å². The second kappa shape index (κ2) is 8.40. The van der Waals surface area contributed by atoms with E-state index in [0.29, 0.717) is 24.6 Å². The van der Waals surface area contributed by atoms with Gasteiger partial charge in [0.05, 0.1) is 13.7 Å². The van der Waals surface area contributed by atoms with E-state index in [0.717, 1.165) is 0 Å². The average molecular weight is 249 g/mol. The molecule has 2 N–H and O–H groups in total. The molecule has 0 bridgehead atoms.